The van der Waals surface area contributed by atoms with Crippen LogP contribution in [0.15, 0.2) is 18.2 Å². The predicted molar refractivity (Wildman–Crippen MR) is 97.2 cm³/mol. The largest absolute Gasteiger partial charge is 0.454 e. The smallest absolute Gasteiger partial charge is 0.231 e. The molecule has 1 saturated carbocycles. The van der Waals surface area contributed by atoms with E-state index in [1.54, 1.807) is 0 Å². The number of fused-ring (bicyclic) bond motifs is 1. The minimum atomic E-state index is -0.119. The fourth-order valence-corrected chi connectivity index (χ4v) is 4.61. The van der Waals surface area contributed by atoms with Crippen LogP contribution in [0.1, 0.15) is 37.7 Å². The second-order valence-corrected chi connectivity index (χ2v) is 7.71. The molecule has 142 valence electrons. The summed E-state index contributed by atoms with van der Waals surface area (Å²) in [7, 11) is 0. The number of amides is 1. The number of hydrogen-bond donors (Lipinski definition) is 2. The van der Waals surface area contributed by atoms with E-state index in [-0.39, 0.29) is 24.0 Å². The van der Waals surface area contributed by atoms with E-state index in [1.807, 2.05) is 6.07 Å². The van der Waals surface area contributed by atoms with E-state index >= 15 is 0 Å². The maximum absolute atomic E-state index is 12.8. The summed E-state index contributed by atoms with van der Waals surface area (Å²) in [5, 5.41) is 3.24. The molecule has 0 unspecified atom stereocenters. The van der Waals surface area contributed by atoms with Gasteiger partial charge in [0.2, 0.25) is 12.7 Å². The van der Waals surface area contributed by atoms with Crippen LogP contribution in [-0.4, -0.2) is 39.0 Å². The molecule has 6 nitrogen and oxygen atoms in total. The molecule has 2 atom stereocenters. The molecular weight excluding hydrogens is 332 g/mol. The molecule has 2 fully saturated rings. The molecule has 3 N–H and O–H groups in total. The van der Waals surface area contributed by atoms with Gasteiger partial charge in [-0.15, -0.1) is 0 Å². The second kappa shape index (κ2) is 7.45. The van der Waals surface area contributed by atoms with Gasteiger partial charge in [-0.3, -0.25) is 4.79 Å². The number of hydrogen-bond acceptors (Lipinski definition) is 5. The zero-order valence-electron chi connectivity index (χ0n) is 15.2. The van der Waals surface area contributed by atoms with Crippen molar-refractivity contribution < 1.29 is 19.0 Å². The van der Waals surface area contributed by atoms with Crippen molar-refractivity contribution in [2.75, 3.05) is 33.1 Å². The Labute approximate surface area is 154 Å². The lowest BCUT2D eigenvalue weighted by molar-refractivity contribution is -0.126. The summed E-state index contributed by atoms with van der Waals surface area (Å²) in [5.74, 6) is 2.12. The number of benzene rings is 1. The van der Waals surface area contributed by atoms with E-state index in [0.29, 0.717) is 32.2 Å². The van der Waals surface area contributed by atoms with Crippen molar-refractivity contribution in [3.8, 4) is 11.5 Å². The molecule has 3 aliphatic rings. The highest BCUT2D eigenvalue weighted by Gasteiger charge is 2.38. The Bertz CT molecular complexity index is 657. The summed E-state index contributed by atoms with van der Waals surface area (Å²) >= 11 is 0. The second-order valence-electron chi connectivity index (χ2n) is 7.71. The van der Waals surface area contributed by atoms with Crippen LogP contribution in [0.2, 0.25) is 0 Å². The van der Waals surface area contributed by atoms with Gasteiger partial charge in [0.1, 0.15) is 0 Å². The van der Waals surface area contributed by atoms with E-state index in [2.05, 4.69) is 17.4 Å². The minimum absolute atomic E-state index is 0.0636. The zero-order chi connectivity index (χ0) is 18.0. The summed E-state index contributed by atoms with van der Waals surface area (Å²) < 4.78 is 16.6. The first-order chi connectivity index (χ1) is 12.7. The molecule has 0 aromatic heterocycles. The van der Waals surface area contributed by atoms with Crippen LogP contribution in [0.4, 0.5) is 0 Å². The predicted octanol–water partition coefficient (Wildman–Crippen LogP) is 1.95. The van der Waals surface area contributed by atoms with E-state index < -0.39 is 0 Å². The van der Waals surface area contributed by atoms with Crippen molar-refractivity contribution in [2.24, 2.45) is 17.6 Å². The van der Waals surface area contributed by atoms with Crippen LogP contribution in [-0.2, 0) is 14.9 Å². The highest BCUT2D eigenvalue weighted by molar-refractivity contribution is 5.79. The Hall–Kier alpha value is -1.79. The van der Waals surface area contributed by atoms with Gasteiger partial charge in [0.05, 0.1) is 0 Å². The average molecular weight is 360 g/mol. The molecule has 0 bridgehead atoms. The molecule has 4 rings (SSSR count). The van der Waals surface area contributed by atoms with Gasteiger partial charge in [-0.2, -0.15) is 0 Å². The first-order valence-corrected chi connectivity index (χ1v) is 9.67. The molecule has 6 heteroatoms. The highest BCUT2D eigenvalue weighted by Crippen LogP contribution is 2.41. The number of nitrogens with one attached hydrogen (secondary N) is 1. The number of ether oxygens (including phenoxy) is 3. The summed E-state index contributed by atoms with van der Waals surface area (Å²) in [4.78, 5) is 12.8. The van der Waals surface area contributed by atoms with Gasteiger partial charge >= 0.3 is 0 Å². The normalized spacial score (nSPS) is 26.7. The Morgan fingerprint density at radius 1 is 1.19 bits per heavy atom. The van der Waals surface area contributed by atoms with E-state index in [9.17, 15) is 4.79 Å². The van der Waals surface area contributed by atoms with E-state index in [1.165, 1.54) is 5.56 Å². The lowest BCUT2D eigenvalue weighted by atomic mass is 9.74. The van der Waals surface area contributed by atoms with Gasteiger partial charge < -0.3 is 25.3 Å². The van der Waals surface area contributed by atoms with Gasteiger partial charge in [0.15, 0.2) is 11.5 Å². The zero-order valence-corrected chi connectivity index (χ0v) is 15.2. The molecule has 0 radical (unpaired) electrons. The monoisotopic (exact) mass is 360 g/mol. The number of rotatable bonds is 5. The third-order valence-electron chi connectivity index (χ3n) is 6.33. The summed E-state index contributed by atoms with van der Waals surface area (Å²) in [6, 6.07) is 6.14. The fourth-order valence-electron chi connectivity index (χ4n) is 4.61. The Morgan fingerprint density at radius 3 is 2.81 bits per heavy atom. The molecular formula is C20H28N2O4. The van der Waals surface area contributed by atoms with Crippen LogP contribution in [0, 0.1) is 11.8 Å². The van der Waals surface area contributed by atoms with Gasteiger partial charge in [0.25, 0.3) is 0 Å². The van der Waals surface area contributed by atoms with Gasteiger partial charge in [-0.25, -0.2) is 0 Å². The Kier molecular flexibility index (Phi) is 5.05. The van der Waals surface area contributed by atoms with E-state index in [4.69, 9.17) is 19.9 Å². The van der Waals surface area contributed by atoms with Crippen molar-refractivity contribution in [3.05, 3.63) is 23.8 Å². The average Bonchev–Trinajstić information content (AvgIpc) is 3.35. The molecule has 2 heterocycles. The maximum Gasteiger partial charge on any atom is 0.231 e. The Morgan fingerprint density at radius 2 is 2.00 bits per heavy atom. The van der Waals surface area contributed by atoms with Gasteiger partial charge in [-0.1, -0.05) is 12.5 Å². The quantitative estimate of drug-likeness (QED) is 0.839. The minimum Gasteiger partial charge on any atom is -0.454 e. The van der Waals surface area contributed by atoms with Crippen molar-refractivity contribution >= 4 is 5.91 Å². The Balaban J connectivity index is 1.50. The van der Waals surface area contributed by atoms with Crippen molar-refractivity contribution in [1.82, 2.24) is 5.32 Å². The van der Waals surface area contributed by atoms with Crippen molar-refractivity contribution in [1.29, 1.82) is 0 Å². The number of carbonyl (C=O) groups is 1. The van der Waals surface area contributed by atoms with Crippen LogP contribution in [0.25, 0.3) is 0 Å². The third kappa shape index (κ3) is 3.28. The fraction of sp³-hybridized carbons (Fsp3) is 0.650. The molecule has 1 amide bonds. The van der Waals surface area contributed by atoms with Crippen LogP contribution in [0.3, 0.4) is 0 Å². The highest BCUT2D eigenvalue weighted by atomic mass is 16.7. The van der Waals surface area contributed by atoms with E-state index in [0.717, 1.165) is 43.6 Å². The van der Waals surface area contributed by atoms with Crippen molar-refractivity contribution in [2.45, 2.75) is 37.5 Å². The molecule has 2 aliphatic heterocycles. The van der Waals surface area contributed by atoms with Crippen LogP contribution < -0.4 is 20.5 Å². The maximum atomic E-state index is 12.8. The molecule has 1 aromatic rings. The molecule has 0 spiro atoms. The topological polar surface area (TPSA) is 82.8 Å². The number of carbonyl (C=O) groups excluding carboxylic acids is 1. The van der Waals surface area contributed by atoms with Gasteiger partial charge in [0, 0.05) is 31.1 Å². The van der Waals surface area contributed by atoms with Crippen molar-refractivity contribution in [3.63, 3.8) is 0 Å². The lowest BCUT2D eigenvalue weighted by Crippen LogP contribution is -2.46. The molecule has 1 aromatic carbocycles. The molecule has 1 saturated heterocycles. The molecule has 26 heavy (non-hydrogen) atoms. The third-order valence-corrected chi connectivity index (χ3v) is 6.33. The summed E-state index contributed by atoms with van der Waals surface area (Å²) in [6.45, 7) is 2.91. The standard InChI is InChI=1S/C20H28N2O4/c21-11-14-2-1-3-16(14)19(23)22-12-20(6-8-24-9-7-20)15-4-5-17-18(10-15)26-13-25-17/h4-5,10,14,16H,1-3,6-9,11-13,21H2,(H,22,23)/t14-,16-/m1/s1. The first-order valence-electron chi connectivity index (χ1n) is 9.67. The molecule has 1 aliphatic carbocycles. The van der Waals surface area contributed by atoms with Gasteiger partial charge in [-0.05, 0) is 55.8 Å². The van der Waals surface area contributed by atoms with Crippen LogP contribution >= 0.6 is 0 Å². The summed E-state index contributed by atoms with van der Waals surface area (Å²) in [5.41, 5.74) is 6.92. The summed E-state index contributed by atoms with van der Waals surface area (Å²) in [6.07, 6.45) is 4.89. The number of nitrogens with two attached hydrogens (primary N) is 1. The first kappa shape index (κ1) is 17.6. The lowest BCUT2D eigenvalue weighted by Gasteiger charge is -2.38. The SMILES string of the molecule is NC[C@H]1CCC[C@H]1C(=O)NCC1(c2ccc3c(c2)OCO3)CCOCC1. The van der Waals surface area contributed by atoms with Crippen LogP contribution in [0.5, 0.6) is 11.5 Å².